The molecule has 2 aromatic rings. The molecule has 218 valence electrons. The van der Waals surface area contributed by atoms with Gasteiger partial charge in [-0.1, -0.05) is 72.4 Å². The minimum Gasteiger partial charge on any atom is -0.507 e. The quantitative estimate of drug-likeness (QED) is 0.223. The van der Waals surface area contributed by atoms with E-state index >= 15 is 0 Å². The van der Waals surface area contributed by atoms with Crippen LogP contribution >= 0.6 is 0 Å². The first-order valence-electron chi connectivity index (χ1n) is 14.0. The van der Waals surface area contributed by atoms with Crippen LogP contribution in [0.1, 0.15) is 115 Å². The van der Waals surface area contributed by atoms with Crippen molar-refractivity contribution in [1.29, 1.82) is 0 Å². The molecule has 0 unspecified atom stereocenters. The third-order valence-corrected chi connectivity index (χ3v) is 5.88. The van der Waals surface area contributed by atoms with E-state index in [2.05, 4.69) is 111 Å². The normalized spacial score (nSPS) is 11.6. The van der Waals surface area contributed by atoms with Gasteiger partial charge in [-0.25, -0.2) is 0 Å². The third kappa shape index (κ3) is 14.5. The molecule has 0 saturated heterocycles. The van der Waals surface area contributed by atoms with Gasteiger partial charge in [0.2, 0.25) is 0 Å². The zero-order chi connectivity index (χ0) is 28.3. The predicted octanol–water partition coefficient (Wildman–Crippen LogP) is 9.37. The Labute approximate surface area is 261 Å². The van der Waals surface area contributed by atoms with Gasteiger partial charge in [-0.15, -0.1) is 23.3 Å². The molecule has 0 aromatic heterocycles. The molecule has 1 N–H and O–H groups in total. The molecule has 0 heterocycles. The average Bonchev–Trinajstić information content (AvgIpc) is 2.76. The number of rotatable bonds is 9. The number of phenolic OH excluding ortho intramolecular Hbond substituents is 1. The maximum atomic E-state index is 10.2. The number of hydrogen-bond donors (Lipinski definition) is 1. The van der Waals surface area contributed by atoms with Crippen LogP contribution in [0.4, 0.5) is 0 Å². The zero-order valence-electron chi connectivity index (χ0n) is 27.1. The summed E-state index contributed by atoms with van der Waals surface area (Å²) in [5.41, 5.74) is 8.17. The molecule has 0 aliphatic carbocycles. The summed E-state index contributed by atoms with van der Waals surface area (Å²) in [4.78, 5) is 8.83. The Morgan fingerprint density at radius 2 is 1.49 bits per heavy atom. The van der Waals surface area contributed by atoms with E-state index in [1.807, 2.05) is 12.3 Å². The molecule has 0 aliphatic rings. The molecule has 39 heavy (non-hydrogen) atoms. The molecule has 0 atom stereocenters. The van der Waals surface area contributed by atoms with Gasteiger partial charge in [-0.2, -0.15) is 12.5 Å². The molecule has 3 nitrogen and oxygen atoms in total. The number of phenols is 1. The van der Waals surface area contributed by atoms with E-state index in [-0.39, 0.29) is 39.0 Å². The predicted molar refractivity (Wildman–Crippen MR) is 171 cm³/mol. The first-order chi connectivity index (χ1) is 17.1. The van der Waals surface area contributed by atoms with Crippen molar-refractivity contribution in [3.05, 3.63) is 77.6 Å². The zero-order valence-corrected chi connectivity index (χ0v) is 29.5. The summed E-state index contributed by atoms with van der Waals surface area (Å²) in [5.74, 6) is 1.60. The maximum Gasteiger partial charge on any atom is 0.127 e. The van der Waals surface area contributed by atoms with Crippen molar-refractivity contribution in [3.8, 4) is 5.75 Å². The van der Waals surface area contributed by atoms with Gasteiger partial charge in [0.25, 0.3) is 0 Å². The van der Waals surface area contributed by atoms with Crippen LogP contribution in [0.5, 0.6) is 5.75 Å². The van der Waals surface area contributed by atoms with Gasteiger partial charge >= 0.3 is 0 Å². The summed E-state index contributed by atoms with van der Waals surface area (Å²) in [6, 6.07) is 8.95. The van der Waals surface area contributed by atoms with Crippen LogP contribution in [0.3, 0.4) is 0 Å². The van der Waals surface area contributed by atoms with Crippen LogP contribution in [0, 0.1) is 33.1 Å². The molecule has 0 radical (unpaired) electrons. The van der Waals surface area contributed by atoms with Crippen molar-refractivity contribution >= 4 is 12.4 Å². The molecular weight excluding hydrogens is 556 g/mol. The smallest absolute Gasteiger partial charge is 0.127 e. The van der Waals surface area contributed by atoms with E-state index < -0.39 is 0 Å². The Morgan fingerprint density at radius 3 is 1.97 bits per heavy atom. The summed E-state index contributed by atoms with van der Waals surface area (Å²) in [6.45, 7) is 29.0. The van der Waals surface area contributed by atoms with Crippen molar-refractivity contribution in [1.82, 2.24) is 0 Å². The Kier molecular flexibility index (Phi) is 18.9. The molecule has 0 saturated carbocycles. The van der Waals surface area contributed by atoms with E-state index in [4.69, 9.17) is 0 Å². The Balaban J connectivity index is 0. The Hall–Kier alpha value is -1.67. The summed E-state index contributed by atoms with van der Waals surface area (Å²) in [7, 11) is 0. The number of benzene rings is 2. The molecule has 2 rings (SSSR count). The van der Waals surface area contributed by atoms with Gasteiger partial charge in [-0.05, 0) is 75.3 Å². The van der Waals surface area contributed by atoms with Crippen LogP contribution < -0.4 is 0 Å². The van der Waals surface area contributed by atoms with Gasteiger partial charge < -0.3 is 17.5 Å². The van der Waals surface area contributed by atoms with E-state index in [1.54, 1.807) is 6.21 Å². The molecule has 0 amide bonds. The molecule has 0 bridgehead atoms. The summed E-state index contributed by atoms with van der Waals surface area (Å²) in [5, 5.41) is 10.2. The monoisotopic (exact) mass is 610 g/mol. The first-order valence-corrected chi connectivity index (χ1v) is 14.0. The number of nitrogens with zero attached hydrogens (tertiary/aromatic N) is 2. The van der Waals surface area contributed by atoms with Crippen molar-refractivity contribution in [2.75, 3.05) is 6.54 Å². The third-order valence-electron chi connectivity index (χ3n) is 5.88. The number of hydrogen-bond acceptors (Lipinski definition) is 3. The SMILES string of the molecule is CCCN=Cc1cc(C)cc(CC(C)C)c1O.[CH2-]c1c(C=NC(C)C)cc(CC(C)C)cc1C(C)(C)C.[CH3-].[Zr]. The van der Waals surface area contributed by atoms with Gasteiger partial charge in [0.15, 0.2) is 0 Å². The standard InChI is InChI=1S/C19H30N.C15H23NO.CH3.Zr/c1-13(2)9-16-10-17(12-20-14(3)4)15(5)18(11-16)19(6,7)8;1-5-6-16-10-14-9-12(4)8-13(15(14)17)7-11(2)3;;/h10-14H,5,9H2,1-4,6-8H3;8-11,17H,5-7H2,1-4H3;1H3;/q-1;;-1;. The number of aromatic hydroxyl groups is 1. The molecular formula is C35H56N2OZr-2. The van der Waals surface area contributed by atoms with Gasteiger partial charge in [0, 0.05) is 50.6 Å². The molecule has 0 spiro atoms. The maximum absolute atomic E-state index is 10.2. The fraction of sp³-hybridized carbons (Fsp3) is 0.543. The van der Waals surface area contributed by atoms with Crippen LogP contribution in [0.2, 0.25) is 0 Å². The number of aryl methyl sites for hydroxylation is 1. The van der Waals surface area contributed by atoms with E-state index in [1.165, 1.54) is 22.3 Å². The Morgan fingerprint density at radius 1 is 0.897 bits per heavy atom. The second-order valence-electron chi connectivity index (χ2n) is 12.4. The summed E-state index contributed by atoms with van der Waals surface area (Å²) < 4.78 is 0. The van der Waals surface area contributed by atoms with E-state index in [0.717, 1.165) is 42.5 Å². The van der Waals surface area contributed by atoms with Crippen LogP contribution in [0.15, 0.2) is 34.3 Å². The second-order valence-corrected chi connectivity index (χ2v) is 12.4. The van der Waals surface area contributed by atoms with Crippen LogP contribution in [-0.2, 0) is 44.5 Å². The minimum absolute atomic E-state index is 0. The van der Waals surface area contributed by atoms with E-state index in [0.29, 0.717) is 23.6 Å². The molecule has 0 fully saturated rings. The fourth-order valence-corrected chi connectivity index (χ4v) is 4.23. The van der Waals surface area contributed by atoms with Crippen molar-refractivity contribution in [2.45, 2.75) is 107 Å². The average molecular weight is 612 g/mol. The molecule has 0 aliphatic heterocycles. The fourth-order valence-electron chi connectivity index (χ4n) is 4.23. The summed E-state index contributed by atoms with van der Waals surface area (Å²) in [6.07, 6.45) is 6.82. The van der Waals surface area contributed by atoms with Crippen molar-refractivity contribution in [2.24, 2.45) is 21.8 Å². The second kappa shape index (κ2) is 18.6. The van der Waals surface area contributed by atoms with Gasteiger partial charge in [-0.3, -0.25) is 4.99 Å². The van der Waals surface area contributed by atoms with Crippen molar-refractivity contribution < 1.29 is 31.3 Å². The topological polar surface area (TPSA) is 45.0 Å². The Bertz CT molecular complexity index is 1040. The van der Waals surface area contributed by atoms with E-state index in [9.17, 15) is 5.11 Å². The number of aliphatic imine (C=N–C) groups is 2. The molecule has 4 heteroatoms. The van der Waals surface area contributed by atoms with Gasteiger partial charge in [0.05, 0.1) is 0 Å². The first kappa shape index (κ1) is 39.5. The minimum atomic E-state index is 0. The van der Waals surface area contributed by atoms with Crippen molar-refractivity contribution in [3.63, 3.8) is 0 Å². The summed E-state index contributed by atoms with van der Waals surface area (Å²) >= 11 is 0. The van der Waals surface area contributed by atoms with Crippen LogP contribution in [-0.4, -0.2) is 30.1 Å². The van der Waals surface area contributed by atoms with Gasteiger partial charge in [0.1, 0.15) is 5.75 Å². The van der Waals surface area contributed by atoms with Crippen LogP contribution in [0.25, 0.3) is 0 Å². The largest absolute Gasteiger partial charge is 0.507 e. The molecule has 2 aromatic carbocycles.